The summed E-state index contributed by atoms with van der Waals surface area (Å²) in [5.74, 6) is 0. The molecule has 0 fully saturated rings. The fraction of sp³-hybridized carbons (Fsp3) is 0. The average Bonchev–Trinajstić information content (AvgIpc) is 1.41. The number of hydrogen-bond donors (Lipinski definition) is 0. The molecule has 0 radical (unpaired) electrons. The van der Waals surface area contributed by atoms with Gasteiger partial charge >= 0.3 is 34.7 Å². The van der Waals surface area contributed by atoms with Crippen LogP contribution in [0.1, 0.15) is 0 Å². The van der Waals surface area contributed by atoms with E-state index in [9.17, 15) is 0 Å². The first-order valence-corrected chi connectivity index (χ1v) is 6.00. The van der Waals surface area contributed by atoms with E-state index in [4.69, 9.17) is 52.6 Å². The van der Waals surface area contributed by atoms with Gasteiger partial charge in [-0.1, -0.05) is 0 Å². The second-order valence-electron chi connectivity index (χ2n) is 1.22. The molecule has 0 saturated carbocycles. The van der Waals surface area contributed by atoms with Crippen LogP contribution in [-0.2, 0) is 31.2 Å². The van der Waals surface area contributed by atoms with E-state index in [0.717, 1.165) is 0 Å². The molecule has 33 heteroatoms. The van der Waals surface area contributed by atoms with E-state index in [2.05, 4.69) is 0 Å². The average molecular weight is 630 g/mol. The van der Waals surface area contributed by atoms with Gasteiger partial charge in [-0.05, 0) is 0 Å². The van der Waals surface area contributed by atoms with Gasteiger partial charge in [0.15, 0.2) is 0 Å². The van der Waals surface area contributed by atoms with Gasteiger partial charge < -0.3 is 115 Å². The van der Waals surface area contributed by atoms with E-state index >= 15 is 0 Å². The molecule has 28 nitrogen and oxygen atoms in total. The fourth-order valence-electron chi connectivity index (χ4n) is 0. The van der Waals surface area contributed by atoms with E-state index in [1.807, 2.05) is 0 Å². The van der Waals surface area contributed by atoms with Crippen molar-refractivity contribution in [1.29, 1.82) is 0 Å². The van der Waals surface area contributed by atoms with Crippen LogP contribution in [0.2, 0.25) is 0 Å². The van der Waals surface area contributed by atoms with Crippen LogP contribution in [0.5, 0.6) is 0 Å². The summed E-state index contributed by atoms with van der Waals surface area (Å²) in [7, 11) is -15.5. The molecule has 0 atom stereocenters. The Bertz CT molecular complexity index is 346. The maximum atomic E-state index is 8.52. The molecule has 0 amide bonds. The second kappa shape index (κ2) is 94.9. The van der Waals surface area contributed by atoms with Crippen LogP contribution < -0.4 is 0 Å². The smallest absolute Gasteiger partial charge is 0.759 e. The Morgan fingerprint density at radius 1 is 0.242 bits per heavy atom. The van der Waals surface area contributed by atoms with Gasteiger partial charge in [0.2, 0.25) is 0 Å². The molecule has 0 aromatic rings. The Morgan fingerprint density at radius 2 is 0.242 bits per heavy atom. The first-order valence-electron chi connectivity index (χ1n) is 2.00. The predicted octanol–water partition coefficient (Wildman–Crippen LogP) is -18.0. The van der Waals surface area contributed by atoms with E-state index in [1.54, 1.807) is 0 Å². The third kappa shape index (κ3) is 23700000. The molecule has 0 rings (SSSR count). The predicted molar refractivity (Wildman–Crippen MR) is 101 cm³/mol. The van der Waals surface area contributed by atoms with Crippen molar-refractivity contribution in [3.63, 3.8) is 0 Å². The fourth-order valence-corrected chi connectivity index (χ4v) is 0. The number of hydrogen-bond acceptors (Lipinski definition) is 12. The molecule has 0 unspecified atom stereocenters. The van der Waals surface area contributed by atoms with Crippen LogP contribution in [0.15, 0.2) is 0 Å². The van der Waals surface area contributed by atoms with Crippen LogP contribution in [0.4, 0.5) is 0 Å². The summed E-state index contributed by atoms with van der Waals surface area (Å²) >= 11 is 0. The molecule has 0 heterocycles. The molecule has 33 heavy (non-hydrogen) atoms. The van der Waals surface area contributed by atoms with Crippen LogP contribution in [0, 0.1) is 0 Å². The maximum Gasteiger partial charge on any atom is 3.00 e. The topological polar surface area (TPSA) is 745 Å². The molecule has 0 spiro atoms. The first-order chi connectivity index (χ1) is 6.00. The molecular formula is H32Al2O28S3. The van der Waals surface area contributed by atoms with Gasteiger partial charge in [0, 0.05) is 31.2 Å². The zero-order valence-corrected chi connectivity index (χ0v) is 20.0. The summed E-state index contributed by atoms with van der Waals surface area (Å²) in [6.45, 7) is 0. The van der Waals surface area contributed by atoms with Gasteiger partial charge in [-0.25, -0.2) is 0 Å². The van der Waals surface area contributed by atoms with Crippen molar-refractivity contribution in [2.45, 2.75) is 0 Å². The van der Waals surface area contributed by atoms with Crippen molar-refractivity contribution < 1.29 is 140 Å². The van der Waals surface area contributed by atoms with Crippen LogP contribution in [0.3, 0.4) is 0 Å². The molecule has 32 N–H and O–H groups in total. The van der Waals surface area contributed by atoms with E-state index in [-0.39, 0.29) is 122 Å². The third-order valence-corrected chi connectivity index (χ3v) is 0. The second-order valence-corrected chi connectivity index (χ2v) is 3.67. The van der Waals surface area contributed by atoms with E-state index in [0.29, 0.717) is 0 Å². The molecule has 224 valence electrons. The molecule has 0 aromatic heterocycles. The van der Waals surface area contributed by atoms with Gasteiger partial charge in [-0.3, -0.25) is 25.3 Å². The minimum atomic E-state index is -5.17. The zero-order valence-electron chi connectivity index (χ0n) is 15.3. The normalized spacial score (nSPS) is 5.27. The number of rotatable bonds is 0. The van der Waals surface area contributed by atoms with E-state index in [1.165, 1.54) is 0 Å². The Hall–Kier alpha value is 0.0349. The largest absolute Gasteiger partial charge is 3.00 e. The summed E-state index contributed by atoms with van der Waals surface area (Å²) in [6.07, 6.45) is 0. The Morgan fingerprint density at radius 3 is 0.242 bits per heavy atom. The summed E-state index contributed by atoms with van der Waals surface area (Å²) in [5, 5.41) is 0. The first kappa shape index (κ1) is 234. The minimum Gasteiger partial charge on any atom is -0.759 e. The quantitative estimate of drug-likeness (QED) is 0.137. The van der Waals surface area contributed by atoms with Crippen LogP contribution in [-0.4, -0.2) is 175 Å². The van der Waals surface area contributed by atoms with Gasteiger partial charge in [-0.2, -0.15) is 0 Å². The molecule has 0 aliphatic rings. The monoisotopic (exact) mass is 630 g/mol. The van der Waals surface area contributed by atoms with Crippen molar-refractivity contribution in [2.24, 2.45) is 0 Å². The van der Waals surface area contributed by atoms with Crippen molar-refractivity contribution >= 4 is 65.9 Å². The SMILES string of the molecule is O.O.O.O.O.O.O.O.O.O.O.O.O.O.O.O.O=S(=O)([O-])[O-].O=S(=O)([O-])[O-].O=S(=O)([O-])[O-].[Al+3].[Al+3]. The molecule has 0 bridgehead atoms. The molecular weight excluding hydrogens is 598 g/mol. The van der Waals surface area contributed by atoms with Gasteiger partial charge in [0.05, 0.1) is 0 Å². The Labute approximate surface area is 206 Å². The van der Waals surface area contributed by atoms with Crippen LogP contribution >= 0.6 is 0 Å². The van der Waals surface area contributed by atoms with Crippen molar-refractivity contribution in [2.75, 3.05) is 0 Å². The van der Waals surface area contributed by atoms with Crippen molar-refractivity contribution in [3.8, 4) is 0 Å². The maximum absolute atomic E-state index is 8.52. The van der Waals surface area contributed by atoms with Crippen molar-refractivity contribution in [3.05, 3.63) is 0 Å². The molecule has 0 aromatic carbocycles. The standard InChI is InChI=1S/2Al.3H2O4S.16H2O/c;;3*1-5(2,3)4;;;;;;;;;;;;;;;;/h;;3*(H2,1,2,3,4);16*1H2/q2*+3;;;;;;;;;;;;;;;;;;;/p-6. The summed E-state index contributed by atoms with van der Waals surface area (Å²) in [5.41, 5.74) is 0. The minimum absolute atomic E-state index is 0. The zero-order chi connectivity index (χ0) is 13.5. The molecule has 0 saturated heterocycles. The molecule has 0 aliphatic heterocycles. The summed E-state index contributed by atoms with van der Waals surface area (Å²) in [4.78, 5) is 0. The summed E-state index contributed by atoms with van der Waals surface area (Å²) < 4.78 is 102. The van der Waals surface area contributed by atoms with E-state index < -0.39 is 31.2 Å². The van der Waals surface area contributed by atoms with Gasteiger partial charge in [0.1, 0.15) is 0 Å². The Balaban J connectivity index is -0.00000000271. The van der Waals surface area contributed by atoms with Crippen LogP contribution in [0.25, 0.3) is 0 Å². The van der Waals surface area contributed by atoms with Gasteiger partial charge in [-0.15, -0.1) is 0 Å². The molecule has 0 aliphatic carbocycles. The van der Waals surface area contributed by atoms with Gasteiger partial charge in [0.25, 0.3) is 0 Å². The van der Waals surface area contributed by atoms with Crippen molar-refractivity contribution in [1.82, 2.24) is 0 Å². The third-order valence-electron chi connectivity index (χ3n) is 0. The Kier molecular flexibility index (Phi) is 673. The summed E-state index contributed by atoms with van der Waals surface area (Å²) in [6, 6.07) is 0.